The van der Waals surface area contributed by atoms with Gasteiger partial charge in [-0.05, 0) is 19.1 Å². The van der Waals surface area contributed by atoms with Crippen LogP contribution < -0.4 is 0 Å². The SMILES string of the molecule is Cc1cc(-c2nnc3n2-c2ccccc2COC3)n(C)n1. The monoisotopic (exact) mass is 281 g/mol. The first kappa shape index (κ1) is 12.3. The van der Waals surface area contributed by atoms with Gasteiger partial charge < -0.3 is 4.74 Å². The average Bonchev–Trinajstić information content (AvgIpc) is 2.97. The summed E-state index contributed by atoms with van der Waals surface area (Å²) in [5, 5.41) is 13.0. The van der Waals surface area contributed by atoms with Gasteiger partial charge in [-0.1, -0.05) is 18.2 Å². The third kappa shape index (κ3) is 1.87. The molecule has 3 heterocycles. The number of aromatic nitrogens is 5. The molecule has 0 fully saturated rings. The second-order valence-corrected chi connectivity index (χ2v) is 5.19. The van der Waals surface area contributed by atoms with E-state index < -0.39 is 0 Å². The molecule has 2 aromatic heterocycles. The Hall–Kier alpha value is -2.47. The maximum absolute atomic E-state index is 5.69. The summed E-state index contributed by atoms with van der Waals surface area (Å²) in [6.45, 7) is 3.02. The minimum Gasteiger partial charge on any atom is -0.369 e. The van der Waals surface area contributed by atoms with Gasteiger partial charge in [0.1, 0.15) is 12.3 Å². The largest absolute Gasteiger partial charge is 0.369 e. The Morgan fingerprint density at radius 1 is 1.14 bits per heavy atom. The normalized spacial score (nSPS) is 13.6. The van der Waals surface area contributed by atoms with Crippen LogP contribution in [0.15, 0.2) is 30.3 Å². The van der Waals surface area contributed by atoms with Gasteiger partial charge >= 0.3 is 0 Å². The molecule has 0 atom stereocenters. The molecule has 6 heteroatoms. The predicted molar refractivity (Wildman–Crippen MR) is 76.8 cm³/mol. The van der Waals surface area contributed by atoms with Gasteiger partial charge in [-0.2, -0.15) is 5.10 Å². The molecule has 0 radical (unpaired) electrons. The lowest BCUT2D eigenvalue weighted by Crippen LogP contribution is -2.05. The van der Waals surface area contributed by atoms with Crippen LogP contribution in [-0.4, -0.2) is 24.5 Å². The highest BCUT2D eigenvalue weighted by atomic mass is 16.5. The Balaban J connectivity index is 1.99. The molecule has 1 aromatic carbocycles. The highest BCUT2D eigenvalue weighted by molar-refractivity contribution is 5.57. The lowest BCUT2D eigenvalue weighted by Gasteiger charge is -2.10. The van der Waals surface area contributed by atoms with E-state index in [2.05, 4.69) is 32.0 Å². The second-order valence-electron chi connectivity index (χ2n) is 5.19. The summed E-state index contributed by atoms with van der Waals surface area (Å²) in [5.74, 6) is 1.61. The molecule has 0 amide bonds. The highest BCUT2D eigenvalue weighted by Gasteiger charge is 2.22. The van der Waals surface area contributed by atoms with Crippen molar-refractivity contribution in [1.29, 1.82) is 0 Å². The molecule has 106 valence electrons. The molecule has 0 bridgehead atoms. The number of hydrogen-bond acceptors (Lipinski definition) is 4. The Bertz CT molecular complexity index is 817. The molecule has 4 rings (SSSR count). The van der Waals surface area contributed by atoms with E-state index >= 15 is 0 Å². The van der Waals surface area contributed by atoms with E-state index in [1.54, 1.807) is 0 Å². The third-order valence-electron chi connectivity index (χ3n) is 3.68. The topological polar surface area (TPSA) is 57.8 Å². The van der Waals surface area contributed by atoms with E-state index in [4.69, 9.17) is 4.74 Å². The van der Waals surface area contributed by atoms with E-state index in [1.165, 1.54) is 0 Å². The molecule has 0 aliphatic carbocycles. The Kier molecular flexibility index (Phi) is 2.65. The van der Waals surface area contributed by atoms with E-state index in [1.807, 2.05) is 36.9 Å². The van der Waals surface area contributed by atoms with Crippen LogP contribution in [0.3, 0.4) is 0 Å². The fraction of sp³-hybridized carbons (Fsp3) is 0.267. The maximum atomic E-state index is 5.69. The van der Waals surface area contributed by atoms with E-state index in [9.17, 15) is 0 Å². The number of hydrogen-bond donors (Lipinski definition) is 0. The van der Waals surface area contributed by atoms with E-state index in [0.717, 1.165) is 34.3 Å². The van der Waals surface area contributed by atoms with Crippen LogP contribution >= 0.6 is 0 Å². The van der Waals surface area contributed by atoms with Gasteiger partial charge in [0.05, 0.1) is 18.0 Å². The Labute approximate surface area is 122 Å². The summed E-state index contributed by atoms with van der Waals surface area (Å²) in [5.41, 5.74) is 4.12. The van der Waals surface area contributed by atoms with Crippen molar-refractivity contribution < 1.29 is 4.74 Å². The minimum atomic E-state index is 0.457. The average molecular weight is 281 g/mol. The Morgan fingerprint density at radius 3 is 2.81 bits per heavy atom. The number of ether oxygens (including phenoxy) is 1. The smallest absolute Gasteiger partial charge is 0.186 e. The number of nitrogens with zero attached hydrogens (tertiary/aromatic N) is 5. The standard InChI is InChI=1S/C15H15N5O/c1-10-7-13(19(2)18-10)15-17-16-14-9-21-8-11-5-3-4-6-12(11)20(14)15/h3-7H,8-9H2,1-2H3. The van der Waals surface area contributed by atoms with Gasteiger partial charge in [0, 0.05) is 12.6 Å². The first-order valence-corrected chi connectivity index (χ1v) is 6.85. The zero-order chi connectivity index (χ0) is 14.4. The van der Waals surface area contributed by atoms with Crippen LogP contribution in [0, 0.1) is 6.92 Å². The fourth-order valence-electron chi connectivity index (χ4n) is 2.75. The van der Waals surface area contributed by atoms with Crippen molar-refractivity contribution in [3.05, 3.63) is 47.4 Å². The molecule has 6 nitrogen and oxygen atoms in total. The number of fused-ring (bicyclic) bond motifs is 3. The lowest BCUT2D eigenvalue weighted by atomic mass is 10.2. The van der Waals surface area contributed by atoms with Crippen LogP contribution in [0.5, 0.6) is 0 Å². The van der Waals surface area contributed by atoms with E-state index in [0.29, 0.717) is 13.2 Å². The highest BCUT2D eigenvalue weighted by Crippen LogP contribution is 2.28. The Morgan fingerprint density at radius 2 is 2.00 bits per heavy atom. The summed E-state index contributed by atoms with van der Waals surface area (Å²) >= 11 is 0. The molecule has 0 unspecified atom stereocenters. The maximum Gasteiger partial charge on any atom is 0.186 e. The minimum absolute atomic E-state index is 0.457. The van der Waals surface area contributed by atoms with Gasteiger partial charge in [-0.25, -0.2) is 0 Å². The summed E-state index contributed by atoms with van der Waals surface area (Å²) in [7, 11) is 1.92. The number of rotatable bonds is 1. The zero-order valence-corrected chi connectivity index (χ0v) is 11.9. The first-order chi connectivity index (χ1) is 10.2. The molecule has 1 aliphatic heterocycles. The molecule has 21 heavy (non-hydrogen) atoms. The predicted octanol–water partition coefficient (Wildman–Crippen LogP) is 2.01. The van der Waals surface area contributed by atoms with Crippen molar-refractivity contribution in [2.45, 2.75) is 20.1 Å². The van der Waals surface area contributed by atoms with Crippen molar-refractivity contribution in [1.82, 2.24) is 24.5 Å². The van der Waals surface area contributed by atoms with Crippen molar-refractivity contribution >= 4 is 0 Å². The molecular formula is C15H15N5O. The number of para-hydroxylation sites is 1. The fourth-order valence-corrected chi connectivity index (χ4v) is 2.75. The summed E-state index contributed by atoms with van der Waals surface area (Å²) in [4.78, 5) is 0. The quantitative estimate of drug-likeness (QED) is 0.684. The molecule has 0 saturated heterocycles. The summed E-state index contributed by atoms with van der Waals surface area (Å²) in [6.07, 6.45) is 0. The molecule has 0 saturated carbocycles. The van der Waals surface area contributed by atoms with Crippen LogP contribution in [-0.2, 0) is 25.0 Å². The molecule has 1 aliphatic rings. The number of aryl methyl sites for hydroxylation is 2. The van der Waals surface area contributed by atoms with Crippen LogP contribution in [0.2, 0.25) is 0 Å². The molecular weight excluding hydrogens is 266 g/mol. The van der Waals surface area contributed by atoms with Crippen molar-refractivity contribution in [2.24, 2.45) is 7.05 Å². The number of benzene rings is 1. The first-order valence-electron chi connectivity index (χ1n) is 6.85. The van der Waals surface area contributed by atoms with Crippen molar-refractivity contribution in [3.63, 3.8) is 0 Å². The summed E-state index contributed by atoms with van der Waals surface area (Å²) < 4.78 is 9.59. The van der Waals surface area contributed by atoms with Gasteiger partial charge in [0.25, 0.3) is 0 Å². The van der Waals surface area contributed by atoms with Crippen LogP contribution in [0.4, 0.5) is 0 Å². The van der Waals surface area contributed by atoms with Gasteiger partial charge in [-0.3, -0.25) is 9.25 Å². The van der Waals surface area contributed by atoms with Gasteiger partial charge in [0.2, 0.25) is 0 Å². The second kappa shape index (κ2) is 4.53. The van der Waals surface area contributed by atoms with Crippen molar-refractivity contribution in [3.8, 4) is 17.2 Å². The zero-order valence-electron chi connectivity index (χ0n) is 11.9. The van der Waals surface area contributed by atoms with Crippen LogP contribution in [0.25, 0.3) is 17.2 Å². The molecule has 0 spiro atoms. The van der Waals surface area contributed by atoms with Gasteiger partial charge in [0.15, 0.2) is 11.6 Å². The molecule has 3 aromatic rings. The van der Waals surface area contributed by atoms with Gasteiger partial charge in [-0.15, -0.1) is 10.2 Å². The van der Waals surface area contributed by atoms with Crippen LogP contribution in [0.1, 0.15) is 17.1 Å². The van der Waals surface area contributed by atoms with E-state index in [-0.39, 0.29) is 0 Å². The van der Waals surface area contributed by atoms with Crippen molar-refractivity contribution in [2.75, 3.05) is 0 Å². The third-order valence-corrected chi connectivity index (χ3v) is 3.68. The molecule has 0 N–H and O–H groups in total. The summed E-state index contributed by atoms with van der Waals surface area (Å²) in [6, 6.07) is 10.2. The lowest BCUT2D eigenvalue weighted by molar-refractivity contribution is 0.105.